The van der Waals surface area contributed by atoms with Crippen molar-refractivity contribution in [1.82, 2.24) is 9.97 Å². The van der Waals surface area contributed by atoms with E-state index in [0.717, 1.165) is 30.4 Å². The number of hydrogen-bond acceptors (Lipinski definition) is 5. The summed E-state index contributed by atoms with van der Waals surface area (Å²) in [5.41, 5.74) is 0.377. The van der Waals surface area contributed by atoms with Gasteiger partial charge in [0.05, 0.1) is 0 Å². The highest BCUT2D eigenvalue weighted by Gasteiger charge is 2.45. The molecule has 112 valence electrons. The molecule has 0 aromatic carbocycles. The van der Waals surface area contributed by atoms with Crippen molar-refractivity contribution in [2.75, 3.05) is 23.8 Å². The predicted octanol–water partition coefficient (Wildman–Crippen LogP) is 3.05. The molecule has 1 heterocycles. The summed E-state index contributed by atoms with van der Waals surface area (Å²) in [7, 11) is 0. The van der Waals surface area contributed by atoms with Crippen molar-refractivity contribution in [2.24, 2.45) is 5.41 Å². The minimum absolute atomic E-state index is 0.377. The van der Waals surface area contributed by atoms with Gasteiger partial charge in [-0.2, -0.15) is 0 Å². The summed E-state index contributed by atoms with van der Waals surface area (Å²) in [6.07, 6.45) is 2.26. The number of hydrogen-bond donors (Lipinski definition) is 2. The number of rotatable bonds is 8. The molecule has 2 rings (SSSR count). The number of ether oxygens (including phenoxy) is 1. The van der Waals surface area contributed by atoms with E-state index in [0.29, 0.717) is 24.7 Å². The lowest BCUT2D eigenvalue weighted by molar-refractivity contribution is 0.128. The van der Waals surface area contributed by atoms with Crippen molar-refractivity contribution in [1.29, 1.82) is 0 Å². The van der Waals surface area contributed by atoms with Crippen LogP contribution in [0.25, 0.3) is 0 Å². The van der Waals surface area contributed by atoms with Crippen LogP contribution in [-0.4, -0.2) is 29.2 Å². The third-order valence-corrected chi connectivity index (χ3v) is 3.60. The molecule has 0 amide bonds. The molecule has 5 nitrogen and oxygen atoms in total. The van der Waals surface area contributed by atoms with Crippen molar-refractivity contribution < 1.29 is 4.74 Å². The quantitative estimate of drug-likeness (QED) is 0.765. The van der Waals surface area contributed by atoms with E-state index in [4.69, 9.17) is 4.74 Å². The standard InChI is InChI=1S/C15H26N4O/c1-5-7-16-12-8-13(17-11-9-15(11,3)4)19-14(18-12)10-20-6-2/h8,11H,5-7,9-10H2,1-4H3,(H2,16,17,18,19). The Bertz CT molecular complexity index is 421. The molecule has 2 N–H and O–H groups in total. The van der Waals surface area contributed by atoms with Crippen LogP contribution in [0.5, 0.6) is 0 Å². The van der Waals surface area contributed by atoms with Gasteiger partial charge in [0.1, 0.15) is 18.2 Å². The minimum Gasteiger partial charge on any atom is -0.374 e. The van der Waals surface area contributed by atoms with Crippen LogP contribution >= 0.6 is 0 Å². The maximum absolute atomic E-state index is 5.42. The molecule has 1 aliphatic rings. The van der Waals surface area contributed by atoms with E-state index >= 15 is 0 Å². The molecule has 0 bridgehead atoms. The van der Waals surface area contributed by atoms with E-state index in [1.807, 2.05) is 13.0 Å². The van der Waals surface area contributed by atoms with Gasteiger partial charge in [0, 0.05) is 25.3 Å². The topological polar surface area (TPSA) is 59.1 Å². The molecule has 1 aliphatic carbocycles. The average Bonchev–Trinajstić information content (AvgIpc) is 3.00. The van der Waals surface area contributed by atoms with Crippen molar-refractivity contribution >= 4 is 11.6 Å². The zero-order valence-electron chi connectivity index (χ0n) is 13.0. The van der Waals surface area contributed by atoms with Gasteiger partial charge in [-0.25, -0.2) is 9.97 Å². The number of anilines is 2. The highest BCUT2D eigenvalue weighted by molar-refractivity contribution is 5.49. The fourth-order valence-electron chi connectivity index (χ4n) is 2.06. The third kappa shape index (κ3) is 4.07. The predicted molar refractivity (Wildman–Crippen MR) is 82.0 cm³/mol. The fourth-order valence-corrected chi connectivity index (χ4v) is 2.06. The number of aromatic nitrogens is 2. The lowest BCUT2D eigenvalue weighted by Crippen LogP contribution is -2.13. The molecule has 1 saturated carbocycles. The van der Waals surface area contributed by atoms with E-state index in [-0.39, 0.29) is 0 Å². The van der Waals surface area contributed by atoms with Crippen LogP contribution in [0.2, 0.25) is 0 Å². The maximum atomic E-state index is 5.42. The normalized spacial score (nSPS) is 19.7. The maximum Gasteiger partial charge on any atom is 0.158 e. The molecular formula is C15H26N4O. The summed E-state index contributed by atoms with van der Waals surface area (Å²) < 4.78 is 5.42. The molecule has 0 spiro atoms. The first-order valence-corrected chi connectivity index (χ1v) is 7.51. The van der Waals surface area contributed by atoms with Crippen LogP contribution in [0.4, 0.5) is 11.6 Å². The molecule has 20 heavy (non-hydrogen) atoms. The monoisotopic (exact) mass is 278 g/mol. The van der Waals surface area contributed by atoms with Crippen LogP contribution in [0, 0.1) is 5.41 Å². The highest BCUT2D eigenvalue weighted by Crippen LogP contribution is 2.46. The van der Waals surface area contributed by atoms with Gasteiger partial charge in [-0.1, -0.05) is 20.8 Å². The molecule has 0 saturated heterocycles. The molecular weight excluding hydrogens is 252 g/mol. The summed E-state index contributed by atoms with van der Waals surface area (Å²) >= 11 is 0. The average molecular weight is 278 g/mol. The molecule has 1 aromatic rings. The van der Waals surface area contributed by atoms with E-state index in [1.165, 1.54) is 6.42 Å². The van der Waals surface area contributed by atoms with Gasteiger partial charge in [0.2, 0.25) is 0 Å². The van der Waals surface area contributed by atoms with Crippen molar-refractivity contribution in [3.63, 3.8) is 0 Å². The second-order valence-electron chi connectivity index (χ2n) is 6.01. The van der Waals surface area contributed by atoms with Crippen LogP contribution in [0.1, 0.15) is 46.4 Å². The molecule has 1 fully saturated rings. The Morgan fingerprint density at radius 2 is 2.00 bits per heavy atom. The summed E-state index contributed by atoms with van der Waals surface area (Å²) in [6.45, 7) is 10.7. The second-order valence-corrected chi connectivity index (χ2v) is 6.01. The fraction of sp³-hybridized carbons (Fsp3) is 0.733. The lowest BCUT2D eigenvalue weighted by Gasteiger charge is -2.12. The summed E-state index contributed by atoms with van der Waals surface area (Å²) in [6, 6.07) is 2.50. The Kier molecular flexibility index (Phi) is 4.81. The van der Waals surface area contributed by atoms with E-state index < -0.39 is 0 Å². The van der Waals surface area contributed by atoms with Gasteiger partial charge in [-0.3, -0.25) is 0 Å². The largest absolute Gasteiger partial charge is 0.374 e. The Balaban J connectivity index is 2.07. The van der Waals surface area contributed by atoms with E-state index in [2.05, 4.69) is 41.4 Å². The van der Waals surface area contributed by atoms with Crippen LogP contribution in [0.3, 0.4) is 0 Å². The molecule has 1 aromatic heterocycles. The molecule has 0 radical (unpaired) electrons. The van der Waals surface area contributed by atoms with E-state index in [9.17, 15) is 0 Å². The number of nitrogens with one attached hydrogen (secondary N) is 2. The van der Waals surface area contributed by atoms with Gasteiger partial charge < -0.3 is 15.4 Å². The van der Waals surface area contributed by atoms with Crippen molar-refractivity contribution in [2.45, 2.75) is 53.2 Å². The van der Waals surface area contributed by atoms with Crippen molar-refractivity contribution in [3.05, 3.63) is 11.9 Å². The van der Waals surface area contributed by atoms with Gasteiger partial charge in [-0.05, 0) is 25.2 Å². The Morgan fingerprint density at radius 3 is 2.60 bits per heavy atom. The summed E-state index contributed by atoms with van der Waals surface area (Å²) in [5.74, 6) is 2.50. The highest BCUT2D eigenvalue weighted by atomic mass is 16.5. The molecule has 1 unspecified atom stereocenters. The third-order valence-electron chi connectivity index (χ3n) is 3.60. The SMILES string of the molecule is CCCNc1cc(NC2CC2(C)C)nc(COCC)n1. The van der Waals surface area contributed by atoms with Gasteiger partial charge >= 0.3 is 0 Å². The second kappa shape index (κ2) is 6.39. The lowest BCUT2D eigenvalue weighted by atomic mass is 10.2. The zero-order valence-corrected chi connectivity index (χ0v) is 13.0. The zero-order chi connectivity index (χ0) is 14.6. The molecule has 1 atom stereocenters. The van der Waals surface area contributed by atoms with Crippen molar-refractivity contribution in [3.8, 4) is 0 Å². The van der Waals surface area contributed by atoms with E-state index in [1.54, 1.807) is 0 Å². The first-order valence-electron chi connectivity index (χ1n) is 7.51. The first kappa shape index (κ1) is 15.0. The van der Waals surface area contributed by atoms with Crippen LogP contribution < -0.4 is 10.6 Å². The molecule has 5 heteroatoms. The number of nitrogens with zero attached hydrogens (tertiary/aromatic N) is 2. The van der Waals surface area contributed by atoms with Crippen LogP contribution in [-0.2, 0) is 11.3 Å². The van der Waals surface area contributed by atoms with Crippen LogP contribution in [0.15, 0.2) is 6.07 Å². The minimum atomic E-state index is 0.377. The Hall–Kier alpha value is -1.36. The van der Waals surface area contributed by atoms with Gasteiger partial charge in [0.25, 0.3) is 0 Å². The first-order chi connectivity index (χ1) is 9.55. The van der Waals surface area contributed by atoms with Gasteiger partial charge in [-0.15, -0.1) is 0 Å². The summed E-state index contributed by atoms with van der Waals surface area (Å²) in [4.78, 5) is 9.02. The molecule has 0 aliphatic heterocycles. The Labute approximate surface area is 121 Å². The van der Waals surface area contributed by atoms with Gasteiger partial charge in [0.15, 0.2) is 5.82 Å². The summed E-state index contributed by atoms with van der Waals surface area (Å²) in [5, 5.41) is 6.81. The smallest absolute Gasteiger partial charge is 0.158 e. The Morgan fingerprint density at radius 1 is 1.30 bits per heavy atom.